The number of carbonyl (C=O) groups excluding carboxylic acids is 1. The first-order valence-corrected chi connectivity index (χ1v) is 6.28. The van der Waals surface area contributed by atoms with Gasteiger partial charge in [0.15, 0.2) is 6.61 Å². The summed E-state index contributed by atoms with van der Waals surface area (Å²) >= 11 is 0. The average Bonchev–Trinajstić information content (AvgIpc) is 2.54. The third-order valence-corrected chi connectivity index (χ3v) is 2.48. The zero-order valence-corrected chi connectivity index (χ0v) is 11.5. The van der Waals surface area contributed by atoms with Gasteiger partial charge in [-0.1, -0.05) is 12.1 Å². The van der Waals surface area contributed by atoms with Gasteiger partial charge >= 0.3 is 0 Å². The summed E-state index contributed by atoms with van der Waals surface area (Å²) in [6.07, 6.45) is 3.11. The number of hydrogen-bond acceptors (Lipinski definition) is 5. The minimum atomic E-state index is -0.356. The number of amides is 1. The maximum Gasteiger partial charge on any atom is 0.277 e. The molecule has 2 rings (SSSR count). The van der Waals surface area contributed by atoms with Crippen molar-refractivity contribution < 1.29 is 14.3 Å². The van der Waals surface area contributed by atoms with Gasteiger partial charge in [-0.25, -0.2) is 5.43 Å². The van der Waals surface area contributed by atoms with E-state index in [4.69, 9.17) is 9.47 Å². The predicted octanol–water partition coefficient (Wildman–Crippen LogP) is 1.62. The minimum absolute atomic E-state index is 0.132. The van der Waals surface area contributed by atoms with E-state index < -0.39 is 0 Å². The molecule has 0 radical (unpaired) electrons. The summed E-state index contributed by atoms with van der Waals surface area (Å²) in [5.74, 6) is 0.865. The Morgan fingerprint density at radius 3 is 2.90 bits per heavy atom. The van der Waals surface area contributed by atoms with Crippen LogP contribution in [0.5, 0.6) is 11.5 Å². The lowest BCUT2D eigenvalue weighted by Crippen LogP contribution is -2.24. The van der Waals surface area contributed by atoms with Crippen LogP contribution in [0.2, 0.25) is 0 Å². The minimum Gasteiger partial charge on any atom is -0.497 e. The number of methoxy groups -OCH3 is 1. The van der Waals surface area contributed by atoms with E-state index in [1.54, 1.807) is 49.7 Å². The maximum atomic E-state index is 11.6. The number of pyridine rings is 1. The highest BCUT2D eigenvalue weighted by molar-refractivity contribution is 5.81. The number of aromatic nitrogens is 1. The first-order chi connectivity index (χ1) is 10.3. The summed E-state index contributed by atoms with van der Waals surface area (Å²) in [6.45, 7) is -0.132. The highest BCUT2D eigenvalue weighted by Crippen LogP contribution is 2.18. The van der Waals surface area contributed by atoms with E-state index in [0.29, 0.717) is 17.2 Å². The van der Waals surface area contributed by atoms with Crippen LogP contribution >= 0.6 is 0 Å². The number of hydrazone groups is 1. The molecule has 1 heterocycles. The van der Waals surface area contributed by atoms with Crippen molar-refractivity contribution in [1.82, 2.24) is 10.4 Å². The standard InChI is InChI=1S/C15H15N3O3/c1-20-13-6-4-7-14(9-13)21-11-15(19)18-17-10-12-5-2-3-8-16-12/h2-10H,11H2,1H3,(H,18,19)/b17-10+. The summed E-state index contributed by atoms with van der Waals surface area (Å²) < 4.78 is 10.4. The van der Waals surface area contributed by atoms with E-state index in [1.807, 2.05) is 6.07 Å². The molecule has 0 aliphatic heterocycles. The fraction of sp³-hybridized carbons (Fsp3) is 0.133. The highest BCUT2D eigenvalue weighted by Gasteiger charge is 2.02. The van der Waals surface area contributed by atoms with Gasteiger partial charge in [0.2, 0.25) is 0 Å². The Morgan fingerprint density at radius 1 is 1.29 bits per heavy atom. The summed E-state index contributed by atoms with van der Waals surface area (Å²) in [6, 6.07) is 12.4. The molecule has 0 fully saturated rings. The van der Waals surface area contributed by atoms with Crippen molar-refractivity contribution in [2.45, 2.75) is 0 Å². The topological polar surface area (TPSA) is 72.8 Å². The van der Waals surface area contributed by atoms with Crippen LogP contribution in [0.4, 0.5) is 0 Å². The van der Waals surface area contributed by atoms with Crippen molar-refractivity contribution in [3.63, 3.8) is 0 Å². The molecule has 0 aliphatic carbocycles. The van der Waals surface area contributed by atoms with Crippen molar-refractivity contribution in [1.29, 1.82) is 0 Å². The van der Waals surface area contributed by atoms with E-state index in [1.165, 1.54) is 6.21 Å². The van der Waals surface area contributed by atoms with Crippen LogP contribution in [0, 0.1) is 0 Å². The molecule has 0 atom stereocenters. The van der Waals surface area contributed by atoms with Gasteiger partial charge in [0.05, 0.1) is 19.0 Å². The fourth-order valence-electron chi connectivity index (χ4n) is 1.49. The molecule has 0 bridgehead atoms. The number of benzene rings is 1. The first-order valence-electron chi connectivity index (χ1n) is 6.28. The Balaban J connectivity index is 1.78. The van der Waals surface area contributed by atoms with Crippen molar-refractivity contribution in [3.8, 4) is 11.5 Å². The maximum absolute atomic E-state index is 11.6. The van der Waals surface area contributed by atoms with Crippen LogP contribution in [-0.4, -0.2) is 30.8 Å². The number of carbonyl (C=O) groups is 1. The van der Waals surface area contributed by atoms with E-state index >= 15 is 0 Å². The largest absolute Gasteiger partial charge is 0.497 e. The molecule has 0 saturated carbocycles. The molecule has 6 heteroatoms. The van der Waals surface area contributed by atoms with Gasteiger partial charge in [-0.05, 0) is 24.3 Å². The average molecular weight is 285 g/mol. The van der Waals surface area contributed by atoms with Gasteiger partial charge in [0, 0.05) is 12.3 Å². The van der Waals surface area contributed by atoms with E-state index in [9.17, 15) is 4.79 Å². The van der Waals surface area contributed by atoms with Gasteiger partial charge in [0.25, 0.3) is 5.91 Å². The van der Waals surface area contributed by atoms with Crippen molar-refractivity contribution in [2.75, 3.05) is 13.7 Å². The second-order valence-corrected chi connectivity index (χ2v) is 4.02. The lowest BCUT2D eigenvalue weighted by molar-refractivity contribution is -0.123. The van der Waals surface area contributed by atoms with Crippen LogP contribution in [0.3, 0.4) is 0 Å². The Hall–Kier alpha value is -2.89. The van der Waals surface area contributed by atoms with Gasteiger partial charge < -0.3 is 9.47 Å². The van der Waals surface area contributed by atoms with E-state index in [0.717, 1.165) is 0 Å². The lowest BCUT2D eigenvalue weighted by Gasteiger charge is -2.06. The van der Waals surface area contributed by atoms with Crippen molar-refractivity contribution in [2.24, 2.45) is 5.10 Å². The normalized spacial score (nSPS) is 10.3. The first kappa shape index (κ1) is 14.5. The number of ether oxygens (including phenoxy) is 2. The quantitative estimate of drug-likeness (QED) is 0.646. The monoisotopic (exact) mass is 285 g/mol. The molecule has 108 valence electrons. The SMILES string of the molecule is COc1cccc(OCC(=O)N/N=C/c2ccccn2)c1. The Labute approximate surface area is 122 Å². The molecular weight excluding hydrogens is 270 g/mol. The van der Waals surface area contributed by atoms with Gasteiger partial charge in [-0.3, -0.25) is 9.78 Å². The Morgan fingerprint density at radius 2 is 2.14 bits per heavy atom. The molecule has 1 aromatic carbocycles. The van der Waals surface area contributed by atoms with Gasteiger partial charge in [-0.15, -0.1) is 0 Å². The van der Waals surface area contributed by atoms with Gasteiger partial charge in [0.1, 0.15) is 11.5 Å². The van der Waals surface area contributed by atoms with Crippen LogP contribution < -0.4 is 14.9 Å². The zero-order chi connectivity index (χ0) is 14.9. The lowest BCUT2D eigenvalue weighted by atomic mass is 10.3. The molecule has 0 unspecified atom stereocenters. The Kier molecular flexibility index (Phi) is 5.28. The summed E-state index contributed by atoms with van der Waals surface area (Å²) in [5.41, 5.74) is 3.02. The predicted molar refractivity (Wildman–Crippen MR) is 78.5 cm³/mol. The molecule has 21 heavy (non-hydrogen) atoms. The number of hydrogen-bond donors (Lipinski definition) is 1. The van der Waals surface area contributed by atoms with Crippen LogP contribution in [0.15, 0.2) is 53.8 Å². The number of nitrogens with zero attached hydrogens (tertiary/aromatic N) is 2. The smallest absolute Gasteiger partial charge is 0.277 e. The van der Waals surface area contributed by atoms with Crippen molar-refractivity contribution in [3.05, 3.63) is 54.4 Å². The zero-order valence-electron chi connectivity index (χ0n) is 11.5. The third kappa shape index (κ3) is 4.94. The van der Waals surface area contributed by atoms with E-state index in [2.05, 4.69) is 15.5 Å². The second kappa shape index (κ2) is 7.64. The van der Waals surface area contributed by atoms with Crippen LogP contribution in [0.1, 0.15) is 5.69 Å². The molecule has 6 nitrogen and oxygen atoms in total. The molecule has 1 aromatic heterocycles. The number of nitrogens with one attached hydrogen (secondary N) is 1. The molecular formula is C15H15N3O3. The van der Waals surface area contributed by atoms with Crippen LogP contribution in [0.25, 0.3) is 0 Å². The molecule has 0 aliphatic rings. The fourth-order valence-corrected chi connectivity index (χ4v) is 1.49. The second-order valence-electron chi connectivity index (χ2n) is 4.02. The summed E-state index contributed by atoms with van der Waals surface area (Å²) in [7, 11) is 1.57. The summed E-state index contributed by atoms with van der Waals surface area (Å²) in [5, 5.41) is 3.80. The molecule has 2 aromatic rings. The molecule has 0 saturated heterocycles. The van der Waals surface area contributed by atoms with Gasteiger partial charge in [-0.2, -0.15) is 5.10 Å². The molecule has 1 N–H and O–H groups in total. The Bertz CT molecular complexity index is 615. The van der Waals surface area contributed by atoms with Crippen LogP contribution in [-0.2, 0) is 4.79 Å². The highest BCUT2D eigenvalue weighted by atomic mass is 16.5. The third-order valence-electron chi connectivity index (χ3n) is 2.48. The number of rotatable bonds is 6. The van der Waals surface area contributed by atoms with E-state index in [-0.39, 0.29) is 12.5 Å². The molecule has 0 spiro atoms. The van der Waals surface area contributed by atoms with Crippen molar-refractivity contribution >= 4 is 12.1 Å². The summed E-state index contributed by atoms with van der Waals surface area (Å²) in [4.78, 5) is 15.6. The molecule has 1 amide bonds.